The van der Waals surface area contributed by atoms with E-state index in [0.29, 0.717) is 29.4 Å². The lowest BCUT2D eigenvalue weighted by atomic mass is 9.83. The van der Waals surface area contributed by atoms with Gasteiger partial charge in [-0.25, -0.2) is 0 Å². The first kappa shape index (κ1) is 13.5. The first-order chi connectivity index (χ1) is 11.7. The van der Waals surface area contributed by atoms with Crippen LogP contribution in [0.2, 0.25) is 0 Å². The van der Waals surface area contributed by atoms with Crippen molar-refractivity contribution in [3.8, 4) is 17.2 Å². The number of nitrogens with zero attached hydrogens (tertiary/aromatic N) is 1. The molecule has 3 heterocycles. The van der Waals surface area contributed by atoms with Crippen LogP contribution in [0.3, 0.4) is 0 Å². The number of hydrogen-bond acceptors (Lipinski definition) is 5. The van der Waals surface area contributed by atoms with Crippen LogP contribution in [-0.4, -0.2) is 28.9 Å². The highest BCUT2D eigenvalue weighted by Crippen LogP contribution is 2.46. The van der Waals surface area contributed by atoms with Crippen molar-refractivity contribution >= 4 is 11.5 Å². The highest BCUT2D eigenvalue weighted by atomic mass is 16.7. The Balaban J connectivity index is 1.69. The van der Waals surface area contributed by atoms with Gasteiger partial charge in [0.15, 0.2) is 17.3 Å². The second-order valence-electron chi connectivity index (χ2n) is 6.12. The number of aromatic nitrogens is 1. The van der Waals surface area contributed by atoms with Gasteiger partial charge in [-0.05, 0) is 24.1 Å². The van der Waals surface area contributed by atoms with Crippen LogP contribution in [0.1, 0.15) is 29.2 Å². The van der Waals surface area contributed by atoms with Crippen molar-refractivity contribution in [2.75, 3.05) is 13.4 Å². The first-order valence-electron chi connectivity index (χ1n) is 7.92. The molecule has 3 aliphatic rings. The van der Waals surface area contributed by atoms with Gasteiger partial charge in [0.2, 0.25) is 6.79 Å². The molecule has 2 aromatic rings. The number of benzene rings is 1. The summed E-state index contributed by atoms with van der Waals surface area (Å²) in [6.45, 7) is 1.57. The topological polar surface area (TPSA) is 69.9 Å². The van der Waals surface area contributed by atoms with Gasteiger partial charge in [-0.15, -0.1) is 0 Å². The molecule has 1 N–H and O–H groups in total. The van der Waals surface area contributed by atoms with E-state index in [9.17, 15) is 9.90 Å². The number of fused-ring (bicyclic) bond motifs is 1. The smallest absolute Gasteiger partial charge is 0.231 e. The van der Waals surface area contributed by atoms with Crippen LogP contribution in [0.15, 0.2) is 30.5 Å². The second-order valence-corrected chi connectivity index (χ2v) is 6.12. The third-order valence-corrected chi connectivity index (χ3v) is 4.73. The van der Waals surface area contributed by atoms with Gasteiger partial charge in [-0.2, -0.15) is 0 Å². The quantitative estimate of drug-likeness (QED) is 0.872. The van der Waals surface area contributed by atoms with Gasteiger partial charge in [0.25, 0.3) is 0 Å². The molecule has 6 heteroatoms. The minimum absolute atomic E-state index is 0.0314. The number of ketones is 1. The van der Waals surface area contributed by atoms with Gasteiger partial charge < -0.3 is 23.9 Å². The molecule has 1 aromatic carbocycles. The van der Waals surface area contributed by atoms with Crippen molar-refractivity contribution in [2.24, 2.45) is 0 Å². The largest absolute Gasteiger partial charge is 0.507 e. The predicted molar refractivity (Wildman–Crippen MR) is 84.1 cm³/mol. The summed E-state index contributed by atoms with van der Waals surface area (Å²) in [7, 11) is 0. The standard InChI is InChI=1S/C18H15NO5/c20-12-7-15-14(23-9-24-15)6-11(12)17-10-2-4-19-3-1-5-22-16(18(10)19)8-13(17)21/h2,4,6-8,17,20H,1,3,5,9H2. The van der Waals surface area contributed by atoms with E-state index in [4.69, 9.17) is 14.2 Å². The molecule has 5 rings (SSSR count). The summed E-state index contributed by atoms with van der Waals surface area (Å²) >= 11 is 0. The van der Waals surface area contributed by atoms with Crippen LogP contribution in [0.4, 0.5) is 0 Å². The van der Waals surface area contributed by atoms with Crippen LogP contribution in [0, 0.1) is 0 Å². The fourth-order valence-electron chi connectivity index (χ4n) is 3.65. The normalized spacial score (nSPS) is 20.9. The zero-order chi connectivity index (χ0) is 16.3. The lowest BCUT2D eigenvalue weighted by molar-refractivity contribution is -0.115. The number of aryl methyl sites for hydroxylation is 1. The lowest BCUT2D eigenvalue weighted by Gasteiger charge is -2.23. The molecule has 0 saturated heterocycles. The zero-order valence-corrected chi connectivity index (χ0v) is 12.8. The Labute approximate surface area is 137 Å². The Bertz CT molecular complexity index is 895. The highest BCUT2D eigenvalue weighted by Gasteiger charge is 2.36. The Kier molecular flexibility index (Phi) is 2.71. The summed E-state index contributed by atoms with van der Waals surface area (Å²) in [6, 6.07) is 5.14. The average Bonchev–Trinajstić information content (AvgIpc) is 3.12. The monoisotopic (exact) mass is 325 g/mol. The molecule has 0 radical (unpaired) electrons. The molecular weight excluding hydrogens is 310 g/mol. The second kappa shape index (κ2) is 4.80. The van der Waals surface area contributed by atoms with E-state index in [0.717, 1.165) is 24.2 Å². The SMILES string of the molecule is O=C1C=C2OCCCn3ccc(c32)C1c1cc2c(cc1O)OCO2. The Hall–Kier alpha value is -2.89. The molecule has 1 aromatic heterocycles. The Morgan fingerprint density at radius 2 is 1.96 bits per heavy atom. The van der Waals surface area contributed by atoms with E-state index in [1.807, 2.05) is 12.3 Å². The number of carbonyl (C=O) groups excluding carboxylic acids is 1. The van der Waals surface area contributed by atoms with Crippen LogP contribution in [-0.2, 0) is 16.1 Å². The summed E-state index contributed by atoms with van der Waals surface area (Å²) in [5, 5.41) is 10.4. The molecule has 0 saturated carbocycles. The molecule has 1 atom stereocenters. The maximum absolute atomic E-state index is 12.8. The number of rotatable bonds is 1. The predicted octanol–water partition coefficient (Wildman–Crippen LogP) is 2.40. The van der Waals surface area contributed by atoms with Crippen molar-refractivity contribution in [1.29, 1.82) is 0 Å². The van der Waals surface area contributed by atoms with Gasteiger partial charge >= 0.3 is 0 Å². The first-order valence-corrected chi connectivity index (χ1v) is 7.92. The molecule has 0 spiro atoms. The summed E-state index contributed by atoms with van der Waals surface area (Å²) in [4.78, 5) is 12.8. The Morgan fingerprint density at radius 3 is 2.83 bits per heavy atom. The number of phenols is 1. The molecule has 24 heavy (non-hydrogen) atoms. The summed E-state index contributed by atoms with van der Waals surface area (Å²) < 4.78 is 18.5. The van der Waals surface area contributed by atoms with Gasteiger partial charge in [0.05, 0.1) is 18.2 Å². The van der Waals surface area contributed by atoms with Crippen LogP contribution < -0.4 is 9.47 Å². The number of aromatic hydroxyl groups is 1. The van der Waals surface area contributed by atoms with Crippen molar-refractivity contribution < 1.29 is 24.1 Å². The minimum Gasteiger partial charge on any atom is -0.507 e. The summed E-state index contributed by atoms with van der Waals surface area (Å²) in [5.41, 5.74) is 2.31. The molecule has 0 fully saturated rings. The van der Waals surface area contributed by atoms with Crippen LogP contribution in [0.25, 0.3) is 5.76 Å². The van der Waals surface area contributed by atoms with Gasteiger partial charge in [-0.1, -0.05) is 0 Å². The number of ether oxygens (including phenoxy) is 3. The molecule has 122 valence electrons. The van der Waals surface area contributed by atoms with E-state index in [2.05, 4.69) is 4.57 Å². The van der Waals surface area contributed by atoms with Crippen molar-refractivity contribution in [1.82, 2.24) is 4.57 Å². The minimum atomic E-state index is -0.568. The maximum atomic E-state index is 12.8. The van der Waals surface area contributed by atoms with E-state index in [-0.39, 0.29) is 18.3 Å². The van der Waals surface area contributed by atoms with E-state index in [1.54, 1.807) is 12.1 Å². The molecule has 0 amide bonds. The van der Waals surface area contributed by atoms with Crippen molar-refractivity contribution in [3.05, 3.63) is 47.3 Å². The van der Waals surface area contributed by atoms with Crippen LogP contribution in [0.5, 0.6) is 17.2 Å². The molecular formula is C18H15NO5. The van der Waals surface area contributed by atoms with E-state index < -0.39 is 5.92 Å². The number of allylic oxidation sites excluding steroid dienone is 1. The number of carbonyl (C=O) groups is 1. The summed E-state index contributed by atoms with van der Waals surface area (Å²) in [6.07, 6.45) is 4.41. The fourth-order valence-corrected chi connectivity index (χ4v) is 3.65. The molecule has 6 nitrogen and oxygen atoms in total. The van der Waals surface area contributed by atoms with E-state index in [1.165, 1.54) is 6.07 Å². The number of phenolic OH excluding ortho intramolecular Hbond substituents is 1. The fraction of sp³-hybridized carbons (Fsp3) is 0.278. The average molecular weight is 325 g/mol. The van der Waals surface area contributed by atoms with Crippen molar-refractivity contribution in [3.63, 3.8) is 0 Å². The third kappa shape index (κ3) is 1.79. The van der Waals surface area contributed by atoms with Gasteiger partial charge in [-0.3, -0.25) is 4.79 Å². The maximum Gasteiger partial charge on any atom is 0.231 e. The third-order valence-electron chi connectivity index (χ3n) is 4.73. The van der Waals surface area contributed by atoms with E-state index >= 15 is 0 Å². The molecule has 2 aliphatic heterocycles. The zero-order valence-electron chi connectivity index (χ0n) is 12.8. The molecule has 1 unspecified atom stereocenters. The summed E-state index contributed by atoms with van der Waals surface area (Å²) in [5.74, 6) is 1.02. The van der Waals surface area contributed by atoms with Gasteiger partial charge in [0, 0.05) is 30.4 Å². The van der Waals surface area contributed by atoms with Crippen molar-refractivity contribution in [2.45, 2.75) is 18.9 Å². The highest BCUT2D eigenvalue weighted by molar-refractivity contribution is 6.06. The molecule has 0 bridgehead atoms. The van der Waals surface area contributed by atoms with Gasteiger partial charge in [0.1, 0.15) is 11.5 Å². The number of hydrogen-bond donors (Lipinski definition) is 1. The lowest BCUT2D eigenvalue weighted by Crippen LogP contribution is -2.19. The molecule has 1 aliphatic carbocycles. The van der Waals surface area contributed by atoms with Crippen LogP contribution >= 0.6 is 0 Å². The Morgan fingerprint density at radius 1 is 1.12 bits per heavy atom.